The minimum absolute atomic E-state index is 0.123. The van der Waals surface area contributed by atoms with Gasteiger partial charge in [0, 0.05) is 18.8 Å². The highest BCUT2D eigenvalue weighted by molar-refractivity contribution is 5.75. The highest BCUT2D eigenvalue weighted by Crippen LogP contribution is 2.16. The summed E-state index contributed by atoms with van der Waals surface area (Å²) in [5.41, 5.74) is 0.899. The van der Waals surface area contributed by atoms with Gasteiger partial charge in [0.25, 0.3) is 0 Å². The Morgan fingerprint density at radius 1 is 1.39 bits per heavy atom. The molecule has 0 saturated carbocycles. The van der Waals surface area contributed by atoms with Crippen LogP contribution in [0.25, 0.3) is 0 Å². The lowest BCUT2D eigenvalue weighted by atomic mass is 10.1. The van der Waals surface area contributed by atoms with E-state index in [0.717, 1.165) is 5.56 Å². The first-order chi connectivity index (χ1) is 8.72. The fraction of sp³-hybridized carbons (Fsp3) is 0.154. The largest absolute Gasteiger partial charge is 0.480 e. The van der Waals surface area contributed by atoms with Gasteiger partial charge in [0.1, 0.15) is 6.04 Å². The lowest BCUT2D eigenvalue weighted by Crippen LogP contribution is -2.22. The third-order valence-corrected chi connectivity index (χ3v) is 2.70. The Kier molecular flexibility index (Phi) is 3.52. The molecule has 1 N–H and O–H groups in total. The van der Waals surface area contributed by atoms with Crippen LogP contribution in [0.15, 0.2) is 42.7 Å². The van der Waals surface area contributed by atoms with E-state index in [0.29, 0.717) is 12.7 Å². The number of imidazole rings is 1. The predicted molar refractivity (Wildman–Crippen MR) is 64.4 cm³/mol. The average molecular weight is 244 g/mol. The first-order valence-electron chi connectivity index (χ1n) is 5.47. The van der Waals surface area contributed by atoms with Crippen molar-refractivity contribution in [1.29, 1.82) is 0 Å². The zero-order valence-electron chi connectivity index (χ0n) is 9.56. The van der Waals surface area contributed by atoms with Crippen molar-refractivity contribution in [3.05, 3.63) is 54.1 Å². The highest BCUT2D eigenvalue weighted by Gasteiger charge is 2.22. The topological polar surface area (TPSA) is 72.2 Å². The van der Waals surface area contributed by atoms with Crippen LogP contribution < -0.4 is 0 Å². The monoisotopic (exact) mass is 244 g/mol. The van der Waals surface area contributed by atoms with Gasteiger partial charge in [-0.2, -0.15) is 0 Å². The molecule has 0 radical (unpaired) electrons. The molecule has 1 atom stereocenters. The smallest absolute Gasteiger partial charge is 0.327 e. The number of aromatic nitrogens is 2. The fourth-order valence-corrected chi connectivity index (χ4v) is 1.82. The van der Waals surface area contributed by atoms with Crippen molar-refractivity contribution in [1.82, 2.24) is 9.55 Å². The van der Waals surface area contributed by atoms with E-state index in [1.165, 1.54) is 17.0 Å². The second-order valence-electron chi connectivity index (χ2n) is 3.85. The summed E-state index contributed by atoms with van der Waals surface area (Å²) in [6.07, 6.45) is 3.80. The van der Waals surface area contributed by atoms with Gasteiger partial charge in [0.2, 0.25) is 0 Å². The molecular weight excluding hydrogens is 232 g/mol. The van der Waals surface area contributed by atoms with Crippen LogP contribution in [0.3, 0.4) is 0 Å². The molecule has 2 rings (SSSR count). The zero-order valence-corrected chi connectivity index (χ0v) is 9.56. The summed E-state index contributed by atoms with van der Waals surface area (Å²) >= 11 is 0. The second kappa shape index (κ2) is 5.27. The number of carbonyl (C=O) groups is 2. The van der Waals surface area contributed by atoms with Gasteiger partial charge in [-0.1, -0.05) is 30.3 Å². The normalized spacial score (nSPS) is 12.0. The molecule has 0 aliphatic rings. The summed E-state index contributed by atoms with van der Waals surface area (Å²) < 4.78 is 1.38. The third kappa shape index (κ3) is 2.45. The molecule has 0 bridgehead atoms. The van der Waals surface area contributed by atoms with Crippen molar-refractivity contribution < 1.29 is 14.7 Å². The van der Waals surface area contributed by atoms with E-state index >= 15 is 0 Å². The van der Waals surface area contributed by atoms with Crippen LogP contribution in [0.4, 0.5) is 0 Å². The van der Waals surface area contributed by atoms with E-state index < -0.39 is 12.0 Å². The molecule has 5 nitrogen and oxygen atoms in total. The fourth-order valence-electron chi connectivity index (χ4n) is 1.82. The lowest BCUT2D eigenvalue weighted by molar-refractivity contribution is -0.140. The van der Waals surface area contributed by atoms with Gasteiger partial charge in [-0.3, -0.25) is 4.79 Å². The number of carboxylic acid groups (broad SMARTS) is 1. The lowest BCUT2D eigenvalue weighted by Gasteiger charge is -2.15. The first-order valence-corrected chi connectivity index (χ1v) is 5.47. The van der Waals surface area contributed by atoms with Crippen LogP contribution in [0.1, 0.15) is 22.2 Å². The van der Waals surface area contributed by atoms with Gasteiger partial charge >= 0.3 is 5.97 Å². The van der Waals surface area contributed by atoms with Crippen molar-refractivity contribution in [2.45, 2.75) is 12.5 Å². The molecule has 1 aromatic carbocycles. The van der Waals surface area contributed by atoms with Crippen LogP contribution >= 0.6 is 0 Å². The molecule has 1 heterocycles. The van der Waals surface area contributed by atoms with Gasteiger partial charge in [-0.15, -0.1) is 0 Å². The summed E-state index contributed by atoms with van der Waals surface area (Å²) in [6.45, 7) is 0. The SMILES string of the molecule is O=Cc1nccn1C(Cc1ccccc1)C(=O)O. The molecule has 1 aromatic heterocycles. The van der Waals surface area contributed by atoms with E-state index in [4.69, 9.17) is 0 Å². The number of hydrogen-bond acceptors (Lipinski definition) is 3. The number of rotatable bonds is 5. The molecule has 0 aliphatic carbocycles. The summed E-state index contributed by atoms with van der Waals surface area (Å²) in [6, 6.07) is 8.45. The molecule has 5 heteroatoms. The molecule has 92 valence electrons. The maximum Gasteiger partial charge on any atom is 0.327 e. The van der Waals surface area contributed by atoms with E-state index in [1.807, 2.05) is 30.3 Å². The molecule has 0 amide bonds. The molecule has 0 aliphatic heterocycles. The van der Waals surface area contributed by atoms with Crippen LogP contribution in [0.2, 0.25) is 0 Å². The van der Waals surface area contributed by atoms with Crippen LogP contribution in [0.5, 0.6) is 0 Å². The van der Waals surface area contributed by atoms with Crippen LogP contribution in [-0.4, -0.2) is 26.9 Å². The Morgan fingerprint density at radius 2 is 2.11 bits per heavy atom. The average Bonchev–Trinajstić information content (AvgIpc) is 2.84. The maximum atomic E-state index is 11.3. The van der Waals surface area contributed by atoms with E-state index in [9.17, 15) is 14.7 Å². The Balaban J connectivity index is 2.30. The standard InChI is InChI=1S/C13H12N2O3/c16-9-12-14-6-7-15(12)11(13(17)18)8-10-4-2-1-3-5-10/h1-7,9,11H,8H2,(H,17,18). The number of nitrogens with zero attached hydrogens (tertiary/aromatic N) is 2. The molecule has 1 unspecified atom stereocenters. The van der Waals surface area contributed by atoms with Gasteiger partial charge in [0.05, 0.1) is 0 Å². The van der Waals surface area contributed by atoms with E-state index in [2.05, 4.69) is 4.98 Å². The number of aliphatic carboxylic acids is 1. The Morgan fingerprint density at radius 3 is 2.72 bits per heavy atom. The number of carbonyl (C=O) groups excluding carboxylic acids is 1. The van der Waals surface area contributed by atoms with Gasteiger partial charge < -0.3 is 9.67 Å². The first kappa shape index (κ1) is 12.0. The Hall–Kier alpha value is -2.43. The van der Waals surface area contributed by atoms with Crippen molar-refractivity contribution in [2.24, 2.45) is 0 Å². The molecule has 0 spiro atoms. The van der Waals surface area contributed by atoms with Gasteiger partial charge in [-0.05, 0) is 5.56 Å². The van der Waals surface area contributed by atoms with E-state index in [-0.39, 0.29) is 5.82 Å². The van der Waals surface area contributed by atoms with Gasteiger partial charge in [0.15, 0.2) is 12.1 Å². The third-order valence-electron chi connectivity index (χ3n) is 2.70. The molecular formula is C13H12N2O3. The number of hydrogen-bond donors (Lipinski definition) is 1. The van der Waals surface area contributed by atoms with Crippen LogP contribution in [0, 0.1) is 0 Å². The summed E-state index contributed by atoms with van der Waals surface area (Å²) in [5.74, 6) is -0.863. The van der Waals surface area contributed by atoms with Crippen molar-refractivity contribution in [2.75, 3.05) is 0 Å². The Bertz CT molecular complexity index is 548. The Labute approximate surface area is 104 Å². The number of carboxylic acids is 1. The molecule has 0 fully saturated rings. The summed E-state index contributed by atoms with van der Waals surface area (Å²) in [4.78, 5) is 25.9. The minimum atomic E-state index is -0.986. The molecule has 0 saturated heterocycles. The number of benzene rings is 1. The summed E-state index contributed by atoms with van der Waals surface area (Å²) in [7, 11) is 0. The molecule has 2 aromatic rings. The summed E-state index contributed by atoms with van der Waals surface area (Å²) in [5, 5.41) is 9.26. The van der Waals surface area contributed by atoms with Gasteiger partial charge in [-0.25, -0.2) is 9.78 Å². The predicted octanol–water partition coefficient (Wildman–Crippen LogP) is 1.56. The maximum absolute atomic E-state index is 11.3. The van der Waals surface area contributed by atoms with Crippen molar-refractivity contribution in [3.8, 4) is 0 Å². The van der Waals surface area contributed by atoms with E-state index in [1.54, 1.807) is 0 Å². The quantitative estimate of drug-likeness (QED) is 0.810. The van der Waals surface area contributed by atoms with Crippen molar-refractivity contribution in [3.63, 3.8) is 0 Å². The van der Waals surface area contributed by atoms with Crippen molar-refractivity contribution >= 4 is 12.3 Å². The minimum Gasteiger partial charge on any atom is -0.480 e. The highest BCUT2D eigenvalue weighted by atomic mass is 16.4. The molecule has 18 heavy (non-hydrogen) atoms. The number of aldehydes is 1. The second-order valence-corrected chi connectivity index (χ2v) is 3.85. The zero-order chi connectivity index (χ0) is 13.0. The van der Waals surface area contributed by atoms with Crippen LogP contribution in [-0.2, 0) is 11.2 Å².